The predicted molar refractivity (Wildman–Crippen MR) is 54.2 cm³/mol. The molecule has 7 heteroatoms. The number of halogens is 4. The molecule has 0 saturated carbocycles. The second-order valence-corrected chi connectivity index (χ2v) is 6.00. The molecule has 0 radical (unpaired) electrons. The van der Waals surface area contributed by atoms with Crippen molar-refractivity contribution < 1.29 is 17.4 Å². The van der Waals surface area contributed by atoms with Crippen LogP contribution in [-0.2, 0) is 15.9 Å². The first-order chi connectivity index (χ1) is 6.62. The highest BCUT2D eigenvalue weighted by molar-refractivity contribution is 9.10. The van der Waals surface area contributed by atoms with E-state index in [9.17, 15) is 17.4 Å². The zero-order chi connectivity index (χ0) is 11.9. The molecule has 1 aromatic rings. The van der Waals surface area contributed by atoms with E-state index >= 15 is 0 Å². The first kappa shape index (κ1) is 12.5. The van der Waals surface area contributed by atoms with Crippen LogP contribution in [0, 0.1) is 4.78 Å². The molecule has 0 aliphatic rings. The van der Waals surface area contributed by atoms with Gasteiger partial charge in [-0.25, -0.2) is 8.99 Å². The van der Waals surface area contributed by atoms with Crippen LogP contribution in [0.5, 0.6) is 0 Å². The van der Waals surface area contributed by atoms with Crippen molar-refractivity contribution in [2.45, 2.75) is 11.1 Å². The standard InChI is InChI=1S/C8H7BrF3NOS/c1-15(13,14)5-2-3-7(9)6(4-5)8(10,11)12/h2-4,13H,1H3. The van der Waals surface area contributed by atoms with Crippen molar-refractivity contribution in [3.05, 3.63) is 28.2 Å². The van der Waals surface area contributed by atoms with Crippen LogP contribution in [0.25, 0.3) is 0 Å². The summed E-state index contributed by atoms with van der Waals surface area (Å²) in [5, 5.41) is 0. The average Bonchev–Trinajstić information content (AvgIpc) is 2.00. The van der Waals surface area contributed by atoms with Gasteiger partial charge in [-0.3, -0.25) is 0 Å². The molecule has 0 saturated heterocycles. The minimum atomic E-state index is -4.51. The summed E-state index contributed by atoms with van der Waals surface area (Å²) in [6, 6.07) is 3.13. The van der Waals surface area contributed by atoms with Crippen molar-refractivity contribution in [3.8, 4) is 0 Å². The Balaban J connectivity index is 3.43. The molecule has 1 unspecified atom stereocenters. The lowest BCUT2D eigenvalue weighted by Crippen LogP contribution is -2.07. The van der Waals surface area contributed by atoms with Gasteiger partial charge in [0.1, 0.15) is 0 Å². The van der Waals surface area contributed by atoms with Crippen LogP contribution < -0.4 is 0 Å². The first-order valence-corrected chi connectivity index (χ1v) is 6.49. The molecule has 0 bridgehead atoms. The average molecular weight is 302 g/mol. The SMILES string of the molecule is CS(=N)(=O)c1ccc(Br)c(C(F)(F)F)c1. The Hall–Kier alpha value is -0.560. The third-order valence-corrected chi connectivity index (χ3v) is 3.54. The highest BCUT2D eigenvalue weighted by atomic mass is 79.9. The smallest absolute Gasteiger partial charge is 0.249 e. The summed E-state index contributed by atoms with van der Waals surface area (Å²) in [6.45, 7) is 0. The van der Waals surface area contributed by atoms with Gasteiger partial charge in [-0.15, -0.1) is 0 Å². The highest BCUT2D eigenvalue weighted by Crippen LogP contribution is 2.36. The number of nitrogens with one attached hydrogen (secondary N) is 1. The van der Waals surface area contributed by atoms with E-state index in [-0.39, 0.29) is 9.37 Å². The molecular formula is C8H7BrF3NOS. The summed E-state index contributed by atoms with van der Waals surface area (Å²) in [5.74, 6) is 0. The molecule has 0 aromatic heterocycles. The molecule has 1 rings (SSSR count). The molecule has 0 amide bonds. The van der Waals surface area contributed by atoms with Gasteiger partial charge in [0.15, 0.2) is 0 Å². The van der Waals surface area contributed by atoms with Gasteiger partial charge in [-0.2, -0.15) is 13.2 Å². The van der Waals surface area contributed by atoms with Gasteiger partial charge in [0.05, 0.1) is 15.3 Å². The molecule has 0 spiro atoms. The van der Waals surface area contributed by atoms with Crippen molar-refractivity contribution in [1.82, 2.24) is 0 Å². The summed E-state index contributed by atoms with van der Waals surface area (Å²) in [6.07, 6.45) is -3.43. The molecule has 1 aromatic carbocycles. The summed E-state index contributed by atoms with van der Waals surface area (Å²) in [5.41, 5.74) is -0.915. The molecule has 1 N–H and O–H groups in total. The molecular weight excluding hydrogens is 295 g/mol. The van der Waals surface area contributed by atoms with Crippen molar-refractivity contribution in [3.63, 3.8) is 0 Å². The van der Waals surface area contributed by atoms with Gasteiger partial charge >= 0.3 is 6.18 Å². The van der Waals surface area contributed by atoms with Gasteiger partial charge in [-0.1, -0.05) is 15.9 Å². The zero-order valence-corrected chi connectivity index (χ0v) is 9.96. The summed E-state index contributed by atoms with van der Waals surface area (Å²) < 4.78 is 55.6. The van der Waals surface area contributed by atoms with Crippen LogP contribution in [0.1, 0.15) is 5.56 Å². The summed E-state index contributed by atoms with van der Waals surface area (Å²) >= 11 is 2.76. The Bertz CT molecular complexity index is 481. The van der Waals surface area contributed by atoms with E-state index < -0.39 is 21.5 Å². The number of hydrogen-bond acceptors (Lipinski definition) is 2. The Morgan fingerprint density at radius 1 is 1.40 bits per heavy atom. The normalized spacial score (nSPS) is 16.1. The monoisotopic (exact) mass is 301 g/mol. The van der Waals surface area contributed by atoms with Crippen LogP contribution >= 0.6 is 15.9 Å². The van der Waals surface area contributed by atoms with Crippen LogP contribution in [0.2, 0.25) is 0 Å². The van der Waals surface area contributed by atoms with E-state index in [4.69, 9.17) is 4.78 Å². The maximum atomic E-state index is 12.4. The number of alkyl halides is 3. The fourth-order valence-electron chi connectivity index (χ4n) is 0.964. The lowest BCUT2D eigenvalue weighted by molar-refractivity contribution is -0.138. The van der Waals surface area contributed by atoms with Crippen LogP contribution in [0.4, 0.5) is 13.2 Å². The van der Waals surface area contributed by atoms with Gasteiger partial charge in [0, 0.05) is 15.6 Å². The van der Waals surface area contributed by atoms with Crippen molar-refractivity contribution in [2.24, 2.45) is 0 Å². The van der Waals surface area contributed by atoms with E-state index in [0.29, 0.717) is 0 Å². The molecule has 0 aliphatic carbocycles. The summed E-state index contributed by atoms with van der Waals surface area (Å²) in [4.78, 5) is -0.127. The molecule has 84 valence electrons. The van der Waals surface area contributed by atoms with Crippen LogP contribution in [0.3, 0.4) is 0 Å². The fourth-order valence-corrected chi connectivity index (χ4v) is 2.11. The zero-order valence-electron chi connectivity index (χ0n) is 7.56. The lowest BCUT2D eigenvalue weighted by Gasteiger charge is -2.10. The van der Waals surface area contributed by atoms with Gasteiger partial charge in [0.25, 0.3) is 0 Å². The third kappa shape index (κ3) is 2.94. The van der Waals surface area contributed by atoms with E-state index in [0.717, 1.165) is 18.4 Å². The summed E-state index contributed by atoms with van der Waals surface area (Å²) in [7, 11) is -3.12. The number of rotatable bonds is 1. The van der Waals surface area contributed by atoms with E-state index in [1.807, 2.05) is 0 Å². The first-order valence-electron chi connectivity index (χ1n) is 3.73. The minimum Gasteiger partial charge on any atom is -0.249 e. The molecule has 0 heterocycles. The maximum absolute atomic E-state index is 12.4. The van der Waals surface area contributed by atoms with Crippen molar-refractivity contribution in [2.75, 3.05) is 6.26 Å². The fraction of sp³-hybridized carbons (Fsp3) is 0.250. The highest BCUT2D eigenvalue weighted by Gasteiger charge is 2.33. The molecule has 0 fully saturated rings. The lowest BCUT2D eigenvalue weighted by atomic mass is 10.2. The van der Waals surface area contributed by atoms with E-state index in [1.54, 1.807) is 0 Å². The largest absolute Gasteiger partial charge is 0.417 e. The second-order valence-electron chi connectivity index (χ2n) is 2.98. The molecule has 1 atom stereocenters. The second kappa shape index (κ2) is 3.79. The van der Waals surface area contributed by atoms with E-state index in [2.05, 4.69) is 15.9 Å². The van der Waals surface area contributed by atoms with Crippen LogP contribution in [-0.4, -0.2) is 10.5 Å². The van der Waals surface area contributed by atoms with E-state index in [1.165, 1.54) is 6.07 Å². The Kier molecular flexibility index (Phi) is 3.16. The van der Waals surface area contributed by atoms with Gasteiger partial charge < -0.3 is 0 Å². The van der Waals surface area contributed by atoms with Gasteiger partial charge in [-0.05, 0) is 18.2 Å². The number of benzene rings is 1. The van der Waals surface area contributed by atoms with Gasteiger partial charge in [0.2, 0.25) is 0 Å². The quantitative estimate of drug-likeness (QED) is 0.847. The molecule has 15 heavy (non-hydrogen) atoms. The molecule has 0 aliphatic heterocycles. The number of hydrogen-bond donors (Lipinski definition) is 1. The third-order valence-electron chi connectivity index (χ3n) is 1.69. The van der Waals surface area contributed by atoms with Crippen molar-refractivity contribution in [1.29, 1.82) is 4.78 Å². The predicted octanol–water partition coefficient (Wildman–Crippen LogP) is 3.50. The molecule has 2 nitrogen and oxygen atoms in total. The topological polar surface area (TPSA) is 40.9 Å². The van der Waals surface area contributed by atoms with Crippen LogP contribution in [0.15, 0.2) is 27.6 Å². The Morgan fingerprint density at radius 2 is 1.93 bits per heavy atom. The Labute approximate surface area is 93.6 Å². The minimum absolute atomic E-state index is 0.123. The maximum Gasteiger partial charge on any atom is 0.417 e. The van der Waals surface area contributed by atoms with Crippen molar-refractivity contribution >= 4 is 25.7 Å². The Morgan fingerprint density at radius 3 is 2.33 bits per heavy atom.